The number of thiol groups is 1. The predicted octanol–water partition coefficient (Wildman–Crippen LogP) is 1.15. The standard InChI is InChI=1S/C6H11ClO2S/c7-5-3-1-2-4-6(5)10(8)9/h5-6,10H,1-4H2. The van der Waals surface area contributed by atoms with Gasteiger partial charge in [0.1, 0.15) is 10.7 Å². The maximum absolute atomic E-state index is 10.5. The summed E-state index contributed by atoms with van der Waals surface area (Å²) >= 11 is 5.79. The molecule has 1 rings (SSSR count). The Morgan fingerprint density at radius 2 is 1.80 bits per heavy atom. The highest BCUT2D eigenvalue weighted by atomic mass is 35.5. The molecule has 2 nitrogen and oxygen atoms in total. The van der Waals surface area contributed by atoms with Gasteiger partial charge in [0.15, 0.2) is 0 Å². The molecular formula is C6H11ClO2S. The zero-order chi connectivity index (χ0) is 7.56. The average Bonchev–Trinajstić information content (AvgIpc) is 1.88. The molecule has 2 atom stereocenters. The van der Waals surface area contributed by atoms with Crippen molar-refractivity contribution in [2.75, 3.05) is 0 Å². The second kappa shape index (κ2) is 3.58. The molecule has 1 fully saturated rings. The Bertz CT molecular complexity index is 171. The fourth-order valence-electron chi connectivity index (χ4n) is 1.30. The molecule has 2 unspecified atom stereocenters. The minimum Gasteiger partial charge on any atom is -0.232 e. The molecule has 0 aromatic carbocycles. The summed E-state index contributed by atoms with van der Waals surface area (Å²) in [5.41, 5.74) is 0. The van der Waals surface area contributed by atoms with Crippen molar-refractivity contribution < 1.29 is 8.42 Å². The van der Waals surface area contributed by atoms with E-state index < -0.39 is 10.7 Å². The highest BCUT2D eigenvalue weighted by Crippen LogP contribution is 2.24. The van der Waals surface area contributed by atoms with Crippen molar-refractivity contribution in [3.05, 3.63) is 0 Å². The SMILES string of the molecule is O=[SH](=O)C1CCCCC1Cl. The van der Waals surface area contributed by atoms with Gasteiger partial charge in [0, 0.05) is 0 Å². The van der Waals surface area contributed by atoms with Gasteiger partial charge in [-0.2, -0.15) is 0 Å². The van der Waals surface area contributed by atoms with Gasteiger partial charge in [-0.3, -0.25) is 0 Å². The Labute approximate surface area is 67.5 Å². The van der Waals surface area contributed by atoms with Gasteiger partial charge in [-0.1, -0.05) is 12.8 Å². The first-order valence-corrected chi connectivity index (χ1v) is 5.17. The summed E-state index contributed by atoms with van der Waals surface area (Å²) < 4.78 is 21.0. The molecular weight excluding hydrogens is 172 g/mol. The molecule has 0 spiro atoms. The fraction of sp³-hybridized carbons (Fsp3) is 1.00. The van der Waals surface area contributed by atoms with Gasteiger partial charge in [-0.05, 0) is 12.8 Å². The lowest BCUT2D eigenvalue weighted by atomic mass is 10.00. The molecule has 0 bridgehead atoms. The van der Waals surface area contributed by atoms with Crippen molar-refractivity contribution in [3.8, 4) is 0 Å². The van der Waals surface area contributed by atoms with Crippen LogP contribution in [0, 0.1) is 0 Å². The Balaban J connectivity index is 2.56. The van der Waals surface area contributed by atoms with Crippen LogP contribution in [0.25, 0.3) is 0 Å². The van der Waals surface area contributed by atoms with E-state index in [1.807, 2.05) is 0 Å². The monoisotopic (exact) mass is 182 g/mol. The highest BCUT2D eigenvalue weighted by molar-refractivity contribution is 7.73. The topological polar surface area (TPSA) is 34.1 Å². The molecule has 1 aliphatic rings. The van der Waals surface area contributed by atoms with Crippen molar-refractivity contribution in [1.82, 2.24) is 0 Å². The highest BCUT2D eigenvalue weighted by Gasteiger charge is 2.25. The third-order valence-electron chi connectivity index (χ3n) is 1.92. The molecule has 1 aliphatic carbocycles. The van der Waals surface area contributed by atoms with Crippen LogP contribution in [0.1, 0.15) is 25.7 Å². The summed E-state index contributed by atoms with van der Waals surface area (Å²) in [4.78, 5) is 0. The lowest BCUT2D eigenvalue weighted by Gasteiger charge is -2.21. The maximum Gasteiger partial charge on any atom is 0.144 e. The van der Waals surface area contributed by atoms with Crippen LogP contribution >= 0.6 is 11.6 Å². The second-order valence-electron chi connectivity index (χ2n) is 2.65. The first-order chi connectivity index (χ1) is 4.72. The summed E-state index contributed by atoms with van der Waals surface area (Å²) in [6.45, 7) is 0. The van der Waals surface area contributed by atoms with Crippen LogP contribution < -0.4 is 0 Å². The van der Waals surface area contributed by atoms with Crippen LogP contribution in [0.5, 0.6) is 0 Å². The van der Waals surface area contributed by atoms with Gasteiger partial charge in [0.05, 0.1) is 10.6 Å². The first-order valence-electron chi connectivity index (χ1n) is 3.49. The molecule has 10 heavy (non-hydrogen) atoms. The molecule has 1 saturated carbocycles. The van der Waals surface area contributed by atoms with Crippen LogP contribution in [0.15, 0.2) is 0 Å². The average molecular weight is 183 g/mol. The van der Waals surface area contributed by atoms with E-state index in [4.69, 9.17) is 11.6 Å². The smallest absolute Gasteiger partial charge is 0.144 e. The minimum atomic E-state index is -2.29. The molecule has 0 aliphatic heterocycles. The Morgan fingerprint density at radius 1 is 1.20 bits per heavy atom. The summed E-state index contributed by atoms with van der Waals surface area (Å²) in [6, 6.07) is 0. The van der Waals surface area contributed by atoms with Crippen LogP contribution in [0.4, 0.5) is 0 Å². The van der Waals surface area contributed by atoms with E-state index in [1.54, 1.807) is 0 Å². The van der Waals surface area contributed by atoms with Crippen LogP contribution in [-0.2, 0) is 10.7 Å². The van der Waals surface area contributed by atoms with Crippen LogP contribution in [-0.4, -0.2) is 19.0 Å². The number of rotatable bonds is 1. The van der Waals surface area contributed by atoms with E-state index in [0.717, 1.165) is 25.7 Å². The maximum atomic E-state index is 10.5. The van der Waals surface area contributed by atoms with Crippen molar-refractivity contribution in [2.45, 2.75) is 36.3 Å². The van der Waals surface area contributed by atoms with Gasteiger partial charge in [0.25, 0.3) is 0 Å². The van der Waals surface area contributed by atoms with E-state index in [2.05, 4.69) is 0 Å². The third kappa shape index (κ3) is 1.86. The molecule has 4 heteroatoms. The van der Waals surface area contributed by atoms with Crippen LogP contribution in [0.2, 0.25) is 0 Å². The molecule has 0 radical (unpaired) electrons. The van der Waals surface area contributed by atoms with Crippen molar-refractivity contribution in [2.24, 2.45) is 0 Å². The molecule has 0 aromatic heterocycles. The summed E-state index contributed by atoms with van der Waals surface area (Å²) in [5.74, 6) is 0. The zero-order valence-corrected chi connectivity index (χ0v) is 7.28. The van der Waals surface area contributed by atoms with Gasteiger partial charge in [0.2, 0.25) is 0 Å². The van der Waals surface area contributed by atoms with Crippen molar-refractivity contribution in [3.63, 3.8) is 0 Å². The predicted molar refractivity (Wildman–Crippen MR) is 42.2 cm³/mol. The van der Waals surface area contributed by atoms with E-state index in [1.165, 1.54) is 0 Å². The lowest BCUT2D eigenvalue weighted by molar-refractivity contribution is 0.498. The third-order valence-corrected chi connectivity index (χ3v) is 3.78. The number of hydrogen-bond donors (Lipinski definition) is 1. The quantitative estimate of drug-likeness (QED) is 0.488. The van der Waals surface area contributed by atoms with E-state index in [-0.39, 0.29) is 10.6 Å². The lowest BCUT2D eigenvalue weighted by Crippen LogP contribution is -2.26. The van der Waals surface area contributed by atoms with Crippen molar-refractivity contribution >= 4 is 22.3 Å². The molecule has 0 amide bonds. The molecule has 0 N–H and O–H groups in total. The normalized spacial score (nSPS) is 34.6. The Hall–Kier alpha value is 0.240. The van der Waals surface area contributed by atoms with Gasteiger partial charge < -0.3 is 0 Å². The minimum absolute atomic E-state index is 0.130. The summed E-state index contributed by atoms with van der Waals surface area (Å²) in [5, 5.41) is -0.389. The largest absolute Gasteiger partial charge is 0.232 e. The van der Waals surface area contributed by atoms with Crippen LogP contribution in [0.3, 0.4) is 0 Å². The van der Waals surface area contributed by atoms with Crippen molar-refractivity contribution in [1.29, 1.82) is 0 Å². The Kier molecular flexibility index (Phi) is 2.98. The second-order valence-corrected chi connectivity index (χ2v) is 4.45. The van der Waals surface area contributed by atoms with Gasteiger partial charge in [-0.25, -0.2) is 8.42 Å². The summed E-state index contributed by atoms with van der Waals surface area (Å²) in [6.07, 6.45) is 3.70. The van der Waals surface area contributed by atoms with Gasteiger partial charge >= 0.3 is 0 Å². The summed E-state index contributed by atoms with van der Waals surface area (Å²) in [7, 11) is -2.29. The molecule has 0 aromatic rings. The number of hydrogen-bond acceptors (Lipinski definition) is 2. The van der Waals surface area contributed by atoms with E-state index in [9.17, 15) is 8.42 Å². The number of alkyl halides is 1. The number of halogens is 1. The zero-order valence-electron chi connectivity index (χ0n) is 5.62. The molecule has 60 valence electrons. The van der Waals surface area contributed by atoms with E-state index in [0.29, 0.717) is 0 Å². The molecule has 0 saturated heterocycles. The first kappa shape index (κ1) is 8.34. The fourth-order valence-corrected chi connectivity index (χ4v) is 2.67. The molecule has 0 heterocycles. The Morgan fingerprint density at radius 3 is 2.20 bits per heavy atom. The van der Waals surface area contributed by atoms with E-state index >= 15 is 0 Å². The van der Waals surface area contributed by atoms with Gasteiger partial charge in [-0.15, -0.1) is 11.6 Å².